The van der Waals surface area contributed by atoms with Crippen molar-refractivity contribution in [1.29, 1.82) is 0 Å². The van der Waals surface area contributed by atoms with Gasteiger partial charge in [0.2, 0.25) is 12.7 Å². The van der Waals surface area contributed by atoms with Crippen LogP contribution in [0, 0.1) is 0 Å². The third kappa shape index (κ3) is 4.68. The van der Waals surface area contributed by atoms with E-state index < -0.39 is 0 Å². The Morgan fingerprint density at radius 2 is 1.93 bits per heavy atom. The summed E-state index contributed by atoms with van der Waals surface area (Å²) in [7, 11) is 4.25. The molecule has 1 aromatic heterocycles. The Bertz CT molecular complexity index is 947. The minimum atomic E-state index is 0.113. The summed E-state index contributed by atoms with van der Waals surface area (Å²) in [6.07, 6.45) is 2.13. The summed E-state index contributed by atoms with van der Waals surface area (Å²) in [6, 6.07) is 14.0. The van der Waals surface area contributed by atoms with Gasteiger partial charge in [0, 0.05) is 31.5 Å². The number of carbonyl (C=O) groups is 1. The topological polar surface area (TPSA) is 56.1 Å². The van der Waals surface area contributed by atoms with Gasteiger partial charge in [-0.15, -0.1) is 0 Å². The van der Waals surface area contributed by atoms with Gasteiger partial charge in [0.15, 0.2) is 16.6 Å². The summed E-state index contributed by atoms with van der Waals surface area (Å²) in [5.41, 5.74) is 2.02. The predicted octanol–water partition coefficient (Wildman–Crippen LogP) is 2.53. The average Bonchev–Trinajstić information content (AvgIpc) is 3.33. The normalized spacial score (nSPS) is 12.7. The van der Waals surface area contributed by atoms with E-state index >= 15 is 0 Å². The molecule has 0 atom stereocenters. The molecule has 0 radical (unpaired) electrons. The molecule has 1 amide bonds. The number of quaternary nitrogens is 1. The third-order valence-electron chi connectivity index (χ3n) is 4.93. The fourth-order valence-corrected chi connectivity index (χ4v) is 4.39. The largest absolute Gasteiger partial charge is 0.454 e. The Labute approximate surface area is 174 Å². The van der Waals surface area contributed by atoms with Gasteiger partial charge in [-0.05, 0) is 12.0 Å². The van der Waals surface area contributed by atoms with E-state index in [0.29, 0.717) is 18.7 Å². The molecular weight excluding hydrogens is 386 g/mol. The number of nitrogens with zero attached hydrogens (tertiary/aromatic N) is 2. The summed E-state index contributed by atoms with van der Waals surface area (Å²) in [6.45, 7) is 1.92. The minimum Gasteiger partial charge on any atom is -0.454 e. The Morgan fingerprint density at radius 3 is 2.69 bits per heavy atom. The summed E-state index contributed by atoms with van der Waals surface area (Å²) < 4.78 is 11.9. The zero-order valence-corrected chi connectivity index (χ0v) is 17.6. The summed E-state index contributed by atoms with van der Waals surface area (Å²) in [4.78, 5) is 21.1. The Kier molecular flexibility index (Phi) is 5.97. The van der Waals surface area contributed by atoms with Crippen molar-refractivity contribution in [2.45, 2.75) is 19.3 Å². The van der Waals surface area contributed by atoms with Crippen LogP contribution in [0.1, 0.15) is 18.4 Å². The number of anilines is 1. The smallest absolute Gasteiger partial charge is 0.231 e. The second-order valence-corrected chi connectivity index (χ2v) is 8.52. The van der Waals surface area contributed by atoms with E-state index in [2.05, 4.69) is 26.2 Å². The fourth-order valence-electron chi connectivity index (χ4n) is 3.37. The lowest BCUT2D eigenvalue weighted by Crippen LogP contribution is -3.05. The maximum atomic E-state index is 13.1. The second kappa shape index (κ2) is 8.80. The van der Waals surface area contributed by atoms with E-state index in [-0.39, 0.29) is 12.7 Å². The number of ether oxygens (including phenoxy) is 2. The standard InChI is InChI=1S/C22H25N3O3S/c1-24(2)11-6-12-25(21(26)10-9-16-7-4-3-5-8-16)22-23-17-13-18-19(28-15-27-18)14-20(17)29-22/h3-5,7-8,13-14H,6,9-12,15H2,1-2H3/p+1. The van der Waals surface area contributed by atoms with E-state index in [9.17, 15) is 4.79 Å². The number of aryl methyl sites for hydroxylation is 1. The number of aromatic nitrogens is 1. The lowest BCUT2D eigenvalue weighted by atomic mass is 10.1. The quantitative estimate of drug-likeness (QED) is 0.618. The number of thiazole rings is 1. The molecular formula is C22H26N3O3S+. The maximum Gasteiger partial charge on any atom is 0.231 e. The Morgan fingerprint density at radius 1 is 1.17 bits per heavy atom. The molecule has 1 N–H and O–H groups in total. The lowest BCUT2D eigenvalue weighted by Gasteiger charge is -2.20. The first-order chi connectivity index (χ1) is 14.1. The molecule has 6 nitrogen and oxygen atoms in total. The van der Waals surface area contributed by atoms with Crippen LogP contribution in [0.5, 0.6) is 11.5 Å². The van der Waals surface area contributed by atoms with Crippen molar-refractivity contribution in [3.8, 4) is 11.5 Å². The van der Waals surface area contributed by atoms with Crippen LogP contribution in [0.3, 0.4) is 0 Å². The summed E-state index contributed by atoms with van der Waals surface area (Å²) >= 11 is 1.53. The van der Waals surface area contributed by atoms with Gasteiger partial charge in [0.05, 0.1) is 30.9 Å². The average molecular weight is 413 g/mol. The van der Waals surface area contributed by atoms with Crippen molar-refractivity contribution >= 4 is 32.6 Å². The third-order valence-corrected chi connectivity index (χ3v) is 5.97. The minimum absolute atomic E-state index is 0.113. The first-order valence-corrected chi connectivity index (χ1v) is 10.8. The van der Waals surface area contributed by atoms with Crippen molar-refractivity contribution in [3.05, 3.63) is 48.0 Å². The molecule has 4 rings (SSSR count). The first-order valence-electron chi connectivity index (χ1n) is 9.93. The van der Waals surface area contributed by atoms with Crippen LogP contribution in [0.15, 0.2) is 42.5 Å². The van der Waals surface area contributed by atoms with Crippen LogP contribution in [0.4, 0.5) is 5.13 Å². The van der Waals surface area contributed by atoms with Crippen LogP contribution in [-0.4, -0.2) is 44.9 Å². The van der Waals surface area contributed by atoms with Crippen molar-refractivity contribution in [3.63, 3.8) is 0 Å². The van der Waals surface area contributed by atoms with Gasteiger partial charge >= 0.3 is 0 Å². The number of nitrogens with one attached hydrogen (secondary N) is 1. The van der Waals surface area contributed by atoms with Crippen molar-refractivity contribution in [2.24, 2.45) is 0 Å². The van der Waals surface area contributed by atoms with Gasteiger partial charge in [-0.2, -0.15) is 0 Å². The lowest BCUT2D eigenvalue weighted by molar-refractivity contribution is -0.858. The van der Waals surface area contributed by atoms with Crippen LogP contribution >= 0.6 is 11.3 Å². The molecule has 0 unspecified atom stereocenters. The van der Waals surface area contributed by atoms with Crippen LogP contribution in [0.2, 0.25) is 0 Å². The molecule has 3 aromatic rings. The SMILES string of the molecule is C[NH+](C)CCCN(C(=O)CCc1ccccc1)c1nc2cc3c(cc2s1)OCO3. The van der Waals surface area contributed by atoms with Crippen molar-refractivity contribution in [2.75, 3.05) is 38.9 Å². The van der Waals surface area contributed by atoms with E-state index in [4.69, 9.17) is 14.5 Å². The number of carbonyl (C=O) groups excluding carboxylic acids is 1. The highest BCUT2D eigenvalue weighted by Crippen LogP contribution is 2.39. The Hall–Kier alpha value is -2.64. The van der Waals surface area contributed by atoms with Crippen LogP contribution in [0.25, 0.3) is 10.2 Å². The first kappa shape index (κ1) is 19.7. The van der Waals surface area contributed by atoms with E-state index in [0.717, 1.165) is 40.5 Å². The molecule has 0 aliphatic carbocycles. The molecule has 0 saturated heterocycles. The summed E-state index contributed by atoms with van der Waals surface area (Å²) in [5.74, 6) is 1.57. The van der Waals surface area contributed by atoms with E-state index in [1.165, 1.54) is 21.8 Å². The zero-order valence-electron chi connectivity index (χ0n) is 16.8. The molecule has 1 aliphatic rings. The molecule has 0 bridgehead atoms. The molecule has 1 aliphatic heterocycles. The highest BCUT2D eigenvalue weighted by Gasteiger charge is 2.22. The van der Waals surface area contributed by atoms with Gasteiger partial charge in [-0.1, -0.05) is 41.7 Å². The highest BCUT2D eigenvalue weighted by molar-refractivity contribution is 7.22. The van der Waals surface area contributed by atoms with Gasteiger partial charge < -0.3 is 14.4 Å². The number of hydrogen-bond acceptors (Lipinski definition) is 5. The number of rotatable bonds is 8. The summed E-state index contributed by atoms with van der Waals surface area (Å²) in [5, 5.41) is 0.746. The number of fused-ring (bicyclic) bond motifs is 2. The number of hydrogen-bond donors (Lipinski definition) is 1. The van der Waals surface area contributed by atoms with Gasteiger partial charge in [-0.3, -0.25) is 9.69 Å². The van der Waals surface area contributed by atoms with Gasteiger partial charge in [0.25, 0.3) is 0 Å². The zero-order chi connectivity index (χ0) is 20.2. The molecule has 152 valence electrons. The van der Waals surface area contributed by atoms with E-state index in [1.54, 1.807) is 0 Å². The number of amides is 1. The van der Waals surface area contributed by atoms with Crippen LogP contribution < -0.4 is 19.3 Å². The fraction of sp³-hybridized carbons (Fsp3) is 0.364. The molecule has 0 fully saturated rings. The molecule has 29 heavy (non-hydrogen) atoms. The second-order valence-electron chi connectivity index (χ2n) is 7.51. The van der Waals surface area contributed by atoms with Crippen LogP contribution in [-0.2, 0) is 11.2 Å². The molecule has 2 aromatic carbocycles. The van der Waals surface area contributed by atoms with Gasteiger partial charge in [0.1, 0.15) is 0 Å². The van der Waals surface area contributed by atoms with E-state index in [1.807, 2.05) is 35.2 Å². The Balaban J connectivity index is 1.54. The predicted molar refractivity (Wildman–Crippen MR) is 115 cm³/mol. The molecule has 7 heteroatoms. The van der Waals surface area contributed by atoms with Crippen molar-refractivity contribution < 1.29 is 19.2 Å². The maximum absolute atomic E-state index is 13.1. The molecule has 2 heterocycles. The van der Waals surface area contributed by atoms with Crippen molar-refractivity contribution in [1.82, 2.24) is 4.98 Å². The monoisotopic (exact) mass is 412 g/mol. The molecule has 0 spiro atoms. The molecule has 0 saturated carbocycles. The van der Waals surface area contributed by atoms with Gasteiger partial charge in [-0.25, -0.2) is 4.98 Å². The highest BCUT2D eigenvalue weighted by atomic mass is 32.1. The number of benzene rings is 2.